The predicted molar refractivity (Wildman–Crippen MR) is 80.1 cm³/mol. The number of esters is 1. The highest BCUT2D eigenvalue weighted by atomic mass is 35.5. The van der Waals surface area contributed by atoms with Crippen LogP contribution in [0.1, 0.15) is 18.4 Å². The highest BCUT2D eigenvalue weighted by molar-refractivity contribution is 6.30. The first kappa shape index (κ1) is 15.8. The minimum absolute atomic E-state index is 0.156. The van der Waals surface area contributed by atoms with Crippen LogP contribution in [0.2, 0.25) is 5.02 Å². The van der Waals surface area contributed by atoms with Crippen LogP contribution >= 0.6 is 11.6 Å². The number of nitrogens with one attached hydrogen (secondary N) is 2. The number of amides is 1. The van der Waals surface area contributed by atoms with Gasteiger partial charge in [0, 0.05) is 11.4 Å². The van der Waals surface area contributed by atoms with E-state index >= 15 is 0 Å². The third kappa shape index (κ3) is 4.44. The lowest BCUT2D eigenvalue weighted by Crippen LogP contribution is -2.49. The number of carbonyl (C=O) groups is 2. The monoisotopic (exact) mass is 310 g/mol. The van der Waals surface area contributed by atoms with Crippen molar-refractivity contribution >= 4 is 23.5 Å². The maximum atomic E-state index is 12.1. The zero-order valence-corrected chi connectivity index (χ0v) is 12.7. The van der Waals surface area contributed by atoms with Gasteiger partial charge < -0.3 is 15.4 Å². The molecule has 0 saturated carbocycles. The van der Waals surface area contributed by atoms with Crippen molar-refractivity contribution in [1.29, 1.82) is 0 Å². The summed E-state index contributed by atoms with van der Waals surface area (Å²) in [6, 6.07) is 6.27. The van der Waals surface area contributed by atoms with Crippen molar-refractivity contribution in [2.75, 3.05) is 13.7 Å². The number of halogens is 1. The molecule has 0 spiro atoms. The molecule has 5 nitrogen and oxygen atoms in total. The minimum Gasteiger partial charge on any atom is -0.467 e. The molecule has 1 fully saturated rings. The van der Waals surface area contributed by atoms with Gasteiger partial charge in [-0.3, -0.25) is 4.79 Å². The summed E-state index contributed by atoms with van der Waals surface area (Å²) in [7, 11) is 1.32. The normalized spacial score (nSPS) is 19.0. The van der Waals surface area contributed by atoms with E-state index in [2.05, 4.69) is 10.6 Å². The van der Waals surface area contributed by atoms with E-state index in [1.807, 2.05) is 12.1 Å². The molecule has 1 aliphatic heterocycles. The Labute approximate surface area is 129 Å². The van der Waals surface area contributed by atoms with E-state index in [1.54, 1.807) is 12.1 Å². The van der Waals surface area contributed by atoms with Gasteiger partial charge in [-0.25, -0.2) is 4.79 Å². The van der Waals surface area contributed by atoms with Gasteiger partial charge >= 0.3 is 5.97 Å². The number of ether oxygens (including phenoxy) is 1. The molecule has 1 aromatic carbocycles. The molecule has 6 heteroatoms. The van der Waals surface area contributed by atoms with Crippen LogP contribution in [0, 0.1) is 0 Å². The van der Waals surface area contributed by atoms with Gasteiger partial charge in [0.25, 0.3) is 0 Å². The number of carbonyl (C=O) groups excluding carboxylic acids is 2. The Hall–Kier alpha value is -1.59. The fourth-order valence-electron chi connectivity index (χ4n) is 2.37. The zero-order valence-electron chi connectivity index (χ0n) is 11.9. The Morgan fingerprint density at radius 2 is 2.14 bits per heavy atom. The van der Waals surface area contributed by atoms with Crippen LogP contribution < -0.4 is 10.6 Å². The van der Waals surface area contributed by atoms with Crippen molar-refractivity contribution in [3.8, 4) is 0 Å². The fourth-order valence-corrected chi connectivity index (χ4v) is 2.50. The van der Waals surface area contributed by atoms with Gasteiger partial charge in [0.05, 0.1) is 13.2 Å². The molecule has 1 saturated heterocycles. The number of hydrogen-bond donors (Lipinski definition) is 2. The van der Waals surface area contributed by atoms with Gasteiger partial charge in [0.2, 0.25) is 5.91 Å². The first-order valence-corrected chi connectivity index (χ1v) is 7.34. The quantitative estimate of drug-likeness (QED) is 0.804. The third-order valence-electron chi connectivity index (χ3n) is 3.53. The first-order chi connectivity index (χ1) is 10.1. The standard InChI is InChI=1S/C15H19ClN2O3/c1-21-15(20)13(9-10-4-6-11(16)7-5-10)18-14(19)12-3-2-8-17-12/h4-7,12-13,17H,2-3,8-9H2,1H3,(H,18,19)/t12-,13-/m0/s1. The largest absolute Gasteiger partial charge is 0.467 e. The Kier molecular flexibility index (Phi) is 5.59. The predicted octanol–water partition coefficient (Wildman–Crippen LogP) is 1.29. The Morgan fingerprint density at radius 1 is 1.43 bits per heavy atom. The molecule has 2 N–H and O–H groups in total. The summed E-state index contributed by atoms with van der Waals surface area (Å²) in [5, 5.41) is 6.50. The smallest absolute Gasteiger partial charge is 0.328 e. The highest BCUT2D eigenvalue weighted by Gasteiger charge is 2.27. The van der Waals surface area contributed by atoms with Gasteiger partial charge in [0.15, 0.2) is 0 Å². The topological polar surface area (TPSA) is 67.4 Å². The molecule has 2 rings (SSSR count). The Bertz CT molecular complexity index is 498. The molecular weight excluding hydrogens is 292 g/mol. The molecule has 0 unspecified atom stereocenters. The summed E-state index contributed by atoms with van der Waals surface area (Å²) >= 11 is 5.84. The highest BCUT2D eigenvalue weighted by Crippen LogP contribution is 2.12. The van der Waals surface area contributed by atoms with E-state index in [0.29, 0.717) is 11.4 Å². The van der Waals surface area contributed by atoms with Crippen molar-refractivity contribution in [1.82, 2.24) is 10.6 Å². The van der Waals surface area contributed by atoms with Crippen molar-refractivity contribution < 1.29 is 14.3 Å². The maximum Gasteiger partial charge on any atom is 0.328 e. The minimum atomic E-state index is -0.689. The van der Waals surface area contributed by atoms with Gasteiger partial charge in [-0.15, -0.1) is 0 Å². The van der Waals surface area contributed by atoms with E-state index in [1.165, 1.54) is 7.11 Å². The molecular formula is C15H19ClN2O3. The molecule has 2 atom stereocenters. The zero-order chi connectivity index (χ0) is 15.2. The maximum absolute atomic E-state index is 12.1. The molecule has 0 aromatic heterocycles. The van der Waals surface area contributed by atoms with Gasteiger partial charge in [-0.1, -0.05) is 23.7 Å². The number of methoxy groups -OCH3 is 1. The Balaban J connectivity index is 2.01. The van der Waals surface area contributed by atoms with Crippen molar-refractivity contribution in [2.45, 2.75) is 31.3 Å². The number of hydrogen-bond acceptors (Lipinski definition) is 4. The van der Waals surface area contributed by atoms with Crippen molar-refractivity contribution in [3.63, 3.8) is 0 Å². The SMILES string of the molecule is COC(=O)[C@H](Cc1ccc(Cl)cc1)NC(=O)[C@@H]1CCCN1. The van der Waals surface area contributed by atoms with Gasteiger partial charge in [-0.2, -0.15) is 0 Å². The van der Waals surface area contributed by atoms with Crippen molar-refractivity contribution in [3.05, 3.63) is 34.9 Å². The van der Waals surface area contributed by atoms with E-state index in [4.69, 9.17) is 16.3 Å². The van der Waals surface area contributed by atoms with E-state index < -0.39 is 12.0 Å². The van der Waals surface area contributed by atoms with Crippen molar-refractivity contribution in [2.24, 2.45) is 0 Å². The molecule has 0 radical (unpaired) electrons. The molecule has 1 amide bonds. The first-order valence-electron chi connectivity index (χ1n) is 6.96. The lowest BCUT2D eigenvalue weighted by atomic mass is 10.1. The third-order valence-corrected chi connectivity index (χ3v) is 3.78. The summed E-state index contributed by atoms with van der Waals surface area (Å²) in [5.41, 5.74) is 0.912. The second-order valence-electron chi connectivity index (χ2n) is 5.06. The second-order valence-corrected chi connectivity index (χ2v) is 5.50. The van der Waals surface area contributed by atoms with E-state index in [9.17, 15) is 9.59 Å². The molecule has 1 aliphatic rings. The van der Waals surface area contributed by atoms with Crippen LogP contribution in [-0.4, -0.2) is 37.6 Å². The average Bonchev–Trinajstić information content (AvgIpc) is 3.02. The van der Waals surface area contributed by atoms with E-state index in [-0.39, 0.29) is 11.9 Å². The summed E-state index contributed by atoms with van der Waals surface area (Å²) in [4.78, 5) is 24.0. The summed E-state index contributed by atoms with van der Waals surface area (Å²) in [6.07, 6.45) is 2.14. The van der Waals surface area contributed by atoms with Gasteiger partial charge in [-0.05, 0) is 37.1 Å². The fraction of sp³-hybridized carbons (Fsp3) is 0.467. The number of benzene rings is 1. The summed E-state index contributed by atoms with van der Waals surface area (Å²) in [5.74, 6) is -0.604. The lowest BCUT2D eigenvalue weighted by molar-refractivity contribution is -0.145. The molecule has 114 valence electrons. The molecule has 0 aliphatic carbocycles. The van der Waals surface area contributed by atoms with Crippen LogP contribution in [0.4, 0.5) is 0 Å². The van der Waals surface area contributed by atoms with Crippen LogP contribution in [0.5, 0.6) is 0 Å². The van der Waals surface area contributed by atoms with Crippen LogP contribution in [0.15, 0.2) is 24.3 Å². The molecule has 1 heterocycles. The van der Waals surface area contributed by atoms with Gasteiger partial charge in [0.1, 0.15) is 6.04 Å². The van der Waals surface area contributed by atoms with Crippen LogP contribution in [-0.2, 0) is 20.7 Å². The summed E-state index contributed by atoms with van der Waals surface area (Å²) < 4.78 is 4.77. The number of rotatable bonds is 5. The average molecular weight is 311 g/mol. The Morgan fingerprint density at radius 3 is 2.71 bits per heavy atom. The van der Waals surface area contributed by atoms with Crippen LogP contribution in [0.25, 0.3) is 0 Å². The molecule has 1 aromatic rings. The second kappa shape index (κ2) is 7.43. The molecule has 21 heavy (non-hydrogen) atoms. The molecule has 0 bridgehead atoms. The van der Waals surface area contributed by atoms with Crippen LogP contribution in [0.3, 0.4) is 0 Å². The summed E-state index contributed by atoms with van der Waals surface area (Å²) in [6.45, 7) is 0.832. The van der Waals surface area contributed by atoms with E-state index in [0.717, 1.165) is 24.9 Å². The lowest BCUT2D eigenvalue weighted by Gasteiger charge is -2.19.